The van der Waals surface area contributed by atoms with E-state index in [0.717, 1.165) is 38.0 Å². The summed E-state index contributed by atoms with van der Waals surface area (Å²) in [4.78, 5) is 32.9. The van der Waals surface area contributed by atoms with Gasteiger partial charge in [-0.1, -0.05) is 19.4 Å². The van der Waals surface area contributed by atoms with Crippen LogP contribution in [0.5, 0.6) is 0 Å². The Kier molecular flexibility index (Phi) is 9.47. The Bertz CT molecular complexity index is 975. The molecule has 190 valence electrons. The number of alkyl halides is 3. The molecule has 0 bridgehead atoms. The maximum Gasteiger partial charge on any atom is 0.416 e. The average Bonchev–Trinajstić information content (AvgIpc) is 2.87. The molecule has 0 saturated carbocycles. The molecule has 1 aliphatic rings. The SMILES string of the molecule is CCCCOCCCNC(=O)c1ccc(N2CCN(C(=O)c3cccc(C(F)(F)F)c3)CC2)nc1. The molecule has 2 heterocycles. The lowest BCUT2D eigenvalue weighted by molar-refractivity contribution is -0.137. The van der Waals surface area contributed by atoms with Gasteiger partial charge in [-0.05, 0) is 43.2 Å². The van der Waals surface area contributed by atoms with Gasteiger partial charge in [-0.15, -0.1) is 0 Å². The van der Waals surface area contributed by atoms with Crippen LogP contribution in [0.2, 0.25) is 0 Å². The van der Waals surface area contributed by atoms with Gasteiger partial charge in [0.1, 0.15) is 5.82 Å². The molecule has 1 aliphatic heterocycles. The normalized spacial score (nSPS) is 14.2. The quantitative estimate of drug-likeness (QED) is 0.508. The Balaban J connectivity index is 1.46. The number of anilines is 1. The van der Waals surface area contributed by atoms with E-state index in [4.69, 9.17) is 4.74 Å². The highest BCUT2D eigenvalue weighted by Gasteiger charge is 2.31. The summed E-state index contributed by atoms with van der Waals surface area (Å²) >= 11 is 0. The Hall–Kier alpha value is -3.14. The number of hydrogen-bond donors (Lipinski definition) is 1. The van der Waals surface area contributed by atoms with E-state index in [0.29, 0.717) is 50.7 Å². The largest absolute Gasteiger partial charge is 0.416 e. The average molecular weight is 493 g/mol. The fourth-order valence-corrected chi connectivity index (χ4v) is 3.68. The van der Waals surface area contributed by atoms with Crippen molar-refractivity contribution in [1.29, 1.82) is 0 Å². The van der Waals surface area contributed by atoms with Crippen LogP contribution in [-0.2, 0) is 10.9 Å². The fraction of sp³-hybridized carbons (Fsp3) is 0.480. The van der Waals surface area contributed by atoms with Crippen molar-refractivity contribution in [3.05, 3.63) is 59.3 Å². The van der Waals surface area contributed by atoms with E-state index in [1.54, 1.807) is 17.0 Å². The minimum atomic E-state index is -4.49. The number of halogens is 3. The molecule has 0 unspecified atom stereocenters. The first-order valence-electron chi connectivity index (χ1n) is 11.8. The van der Waals surface area contributed by atoms with Crippen molar-refractivity contribution < 1.29 is 27.5 Å². The van der Waals surface area contributed by atoms with E-state index in [1.165, 1.54) is 18.3 Å². The molecule has 1 N–H and O–H groups in total. The van der Waals surface area contributed by atoms with Crippen molar-refractivity contribution in [2.45, 2.75) is 32.4 Å². The van der Waals surface area contributed by atoms with Crippen molar-refractivity contribution >= 4 is 17.6 Å². The number of pyridine rings is 1. The number of nitrogens with zero attached hydrogens (tertiary/aromatic N) is 3. The smallest absolute Gasteiger partial charge is 0.381 e. The number of piperazine rings is 1. The number of unbranched alkanes of at least 4 members (excludes halogenated alkanes) is 1. The van der Waals surface area contributed by atoms with Gasteiger partial charge in [0.2, 0.25) is 0 Å². The van der Waals surface area contributed by atoms with Gasteiger partial charge in [0.05, 0.1) is 11.1 Å². The first-order valence-corrected chi connectivity index (χ1v) is 11.8. The topological polar surface area (TPSA) is 74.8 Å². The number of nitrogens with one attached hydrogen (secondary N) is 1. The minimum absolute atomic E-state index is 0.0225. The number of ether oxygens (including phenoxy) is 1. The van der Waals surface area contributed by atoms with E-state index in [2.05, 4.69) is 17.2 Å². The molecule has 0 spiro atoms. The molecule has 0 aliphatic carbocycles. The van der Waals surface area contributed by atoms with Crippen LogP contribution in [-0.4, -0.2) is 67.6 Å². The van der Waals surface area contributed by atoms with Crippen molar-refractivity contribution in [2.75, 3.05) is 50.8 Å². The van der Waals surface area contributed by atoms with Gasteiger partial charge in [0, 0.05) is 57.7 Å². The predicted molar refractivity (Wildman–Crippen MR) is 126 cm³/mol. The molecule has 7 nitrogen and oxygen atoms in total. The third-order valence-corrected chi connectivity index (χ3v) is 5.73. The highest BCUT2D eigenvalue weighted by molar-refractivity contribution is 5.95. The Morgan fingerprint density at radius 2 is 1.77 bits per heavy atom. The zero-order chi connectivity index (χ0) is 25.3. The Morgan fingerprint density at radius 1 is 1.03 bits per heavy atom. The number of benzene rings is 1. The molecule has 0 radical (unpaired) electrons. The fourth-order valence-electron chi connectivity index (χ4n) is 3.68. The number of carbonyl (C=O) groups excluding carboxylic acids is 2. The number of hydrogen-bond acceptors (Lipinski definition) is 5. The Morgan fingerprint density at radius 3 is 2.43 bits per heavy atom. The molecule has 1 saturated heterocycles. The van der Waals surface area contributed by atoms with Crippen LogP contribution in [0.15, 0.2) is 42.6 Å². The summed E-state index contributed by atoms with van der Waals surface area (Å²) in [5, 5.41) is 2.85. The maximum absolute atomic E-state index is 13.0. The molecule has 3 rings (SSSR count). The van der Waals surface area contributed by atoms with Gasteiger partial charge < -0.3 is 19.9 Å². The van der Waals surface area contributed by atoms with Gasteiger partial charge in [-0.2, -0.15) is 13.2 Å². The van der Waals surface area contributed by atoms with Gasteiger partial charge in [-0.25, -0.2) is 4.98 Å². The van der Waals surface area contributed by atoms with Crippen molar-refractivity contribution in [1.82, 2.24) is 15.2 Å². The maximum atomic E-state index is 13.0. The standard InChI is InChI=1S/C25H31F3N4O3/c1-2-3-15-35-16-5-10-29-23(33)20-8-9-22(30-18-20)31-11-13-32(14-12-31)24(34)19-6-4-7-21(17-19)25(26,27)28/h4,6-9,17-18H,2-3,5,10-16H2,1H3,(H,29,33). The molecule has 2 aromatic rings. The number of carbonyl (C=O) groups is 2. The summed E-state index contributed by atoms with van der Waals surface area (Å²) in [6.45, 7) is 5.67. The van der Waals surface area contributed by atoms with E-state index in [9.17, 15) is 22.8 Å². The lowest BCUT2D eigenvalue weighted by Crippen LogP contribution is -2.49. The van der Waals surface area contributed by atoms with Crippen LogP contribution in [0.25, 0.3) is 0 Å². The van der Waals surface area contributed by atoms with Gasteiger partial charge in [0.25, 0.3) is 11.8 Å². The van der Waals surface area contributed by atoms with E-state index < -0.39 is 17.6 Å². The lowest BCUT2D eigenvalue weighted by Gasteiger charge is -2.35. The summed E-state index contributed by atoms with van der Waals surface area (Å²) in [7, 11) is 0. The van der Waals surface area contributed by atoms with Crippen molar-refractivity contribution in [3.63, 3.8) is 0 Å². The molecule has 1 aromatic carbocycles. The number of rotatable bonds is 10. The second-order valence-electron chi connectivity index (χ2n) is 8.34. The molecular weight excluding hydrogens is 461 g/mol. The zero-order valence-corrected chi connectivity index (χ0v) is 19.8. The van der Waals surface area contributed by atoms with Gasteiger partial charge in [0.15, 0.2) is 0 Å². The van der Waals surface area contributed by atoms with E-state index in [1.807, 2.05) is 4.90 Å². The second-order valence-corrected chi connectivity index (χ2v) is 8.34. The summed E-state index contributed by atoms with van der Waals surface area (Å²) in [6, 6.07) is 7.94. The molecule has 10 heteroatoms. The molecule has 2 amide bonds. The zero-order valence-electron chi connectivity index (χ0n) is 19.8. The van der Waals surface area contributed by atoms with Crippen LogP contribution in [0.3, 0.4) is 0 Å². The molecule has 0 atom stereocenters. The highest BCUT2D eigenvalue weighted by atomic mass is 19.4. The molecule has 1 fully saturated rings. The molecule has 35 heavy (non-hydrogen) atoms. The van der Waals surface area contributed by atoms with Gasteiger partial charge in [-0.3, -0.25) is 9.59 Å². The summed E-state index contributed by atoms with van der Waals surface area (Å²) in [5.74, 6) is 0.0534. The number of aromatic nitrogens is 1. The summed E-state index contributed by atoms with van der Waals surface area (Å²) < 4.78 is 44.3. The van der Waals surface area contributed by atoms with Crippen LogP contribution in [0, 0.1) is 0 Å². The molecular formula is C25H31F3N4O3. The van der Waals surface area contributed by atoms with Crippen LogP contribution < -0.4 is 10.2 Å². The van der Waals surface area contributed by atoms with E-state index >= 15 is 0 Å². The van der Waals surface area contributed by atoms with Crippen LogP contribution >= 0.6 is 0 Å². The third kappa shape index (κ3) is 7.68. The van der Waals surface area contributed by atoms with E-state index in [-0.39, 0.29) is 11.5 Å². The molecule has 1 aromatic heterocycles. The van der Waals surface area contributed by atoms with Crippen LogP contribution in [0.4, 0.5) is 19.0 Å². The van der Waals surface area contributed by atoms with Crippen LogP contribution in [0.1, 0.15) is 52.5 Å². The summed E-state index contributed by atoms with van der Waals surface area (Å²) in [5.41, 5.74) is -0.357. The summed E-state index contributed by atoms with van der Waals surface area (Å²) in [6.07, 6.45) is -0.113. The monoisotopic (exact) mass is 492 g/mol. The van der Waals surface area contributed by atoms with Gasteiger partial charge >= 0.3 is 6.18 Å². The second kappa shape index (κ2) is 12.5. The predicted octanol–water partition coefficient (Wildman–Crippen LogP) is 4.00. The third-order valence-electron chi connectivity index (χ3n) is 5.73. The highest BCUT2D eigenvalue weighted by Crippen LogP contribution is 2.30. The Labute approximate surface area is 203 Å². The first-order chi connectivity index (χ1) is 16.8. The first kappa shape index (κ1) is 26.5. The van der Waals surface area contributed by atoms with Crippen molar-refractivity contribution in [2.24, 2.45) is 0 Å². The van der Waals surface area contributed by atoms with Crippen molar-refractivity contribution in [3.8, 4) is 0 Å². The number of amides is 2. The minimum Gasteiger partial charge on any atom is -0.381 e. The lowest BCUT2D eigenvalue weighted by atomic mass is 10.1.